The van der Waals surface area contributed by atoms with Crippen LogP contribution in [0.25, 0.3) is 0 Å². The summed E-state index contributed by atoms with van der Waals surface area (Å²) in [6.07, 6.45) is -0.516. The van der Waals surface area contributed by atoms with Crippen molar-refractivity contribution >= 4 is 29.2 Å². The Bertz CT molecular complexity index is 410. The van der Waals surface area contributed by atoms with Crippen LogP contribution in [-0.2, 0) is 11.2 Å². The molecule has 0 aliphatic heterocycles. The van der Waals surface area contributed by atoms with Gasteiger partial charge in [0.1, 0.15) is 5.75 Å². The van der Waals surface area contributed by atoms with E-state index in [0.717, 1.165) is 6.07 Å². The maximum Gasteiger partial charge on any atom is 0.387 e. The molecule has 0 aromatic heterocycles. The first-order valence-electron chi connectivity index (χ1n) is 4.04. The number of carboxylic acids is 1. The molecular weight excluding hydrogens is 265 g/mol. The van der Waals surface area contributed by atoms with Gasteiger partial charge in [-0.2, -0.15) is 8.78 Å². The Balaban J connectivity index is 3.15. The van der Waals surface area contributed by atoms with Gasteiger partial charge in [-0.3, -0.25) is 4.79 Å². The predicted molar refractivity (Wildman–Crippen MR) is 54.4 cm³/mol. The lowest BCUT2D eigenvalue weighted by atomic mass is 10.1. The summed E-state index contributed by atoms with van der Waals surface area (Å²) in [5.74, 6) is -1.53. The largest absolute Gasteiger partial charge is 0.481 e. The summed E-state index contributed by atoms with van der Waals surface area (Å²) in [5.41, 5.74) is -0.0288. The molecule has 0 aliphatic rings. The first kappa shape index (κ1) is 13.0. The second-order valence-corrected chi connectivity index (χ2v) is 3.66. The zero-order valence-electron chi connectivity index (χ0n) is 7.71. The minimum absolute atomic E-state index is 0.0226. The Morgan fingerprint density at radius 1 is 1.44 bits per heavy atom. The van der Waals surface area contributed by atoms with Crippen molar-refractivity contribution < 1.29 is 23.4 Å². The number of hydrogen-bond donors (Lipinski definition) is 1. The van der Waals surface area contributed by atoms with Crippen molar-refractivity contribution in [1.82, 2.24) is 0 Å². The molecule has 7 heteroatoms. The number of carbonyl (C=O) groups is 1. The van der Waals surface area contributed by atoms with Gasteiger partial charge in [0.15, 0.2) is 0 Å². The molecule has 0 bridgehead atoms. The van der Waals surface area contributed by atoms with Crippen LogP contribution in [0.1, 0.15) is 5.56 Å². The SMILES string of the molecule is O=C(O)Cc1c(Cl)cc(Cl)cc1OC(F)F. The smallest absolute Gasteiger partial charge is 0.387 e. The Hall–Kier alpha value is -1.07. The highest BCUT2D eigenvalue weighted by Crippen LogP contribution is 2.32. The highest BCUT2D eigenvalue weighted by atomic mass is 35.5. The first-order valence-corrected chi connectivity index (χ1v) is 4.80. The van der Waals surface area contributed by atoms with E-state index in [4.69, 9.17) is 28.3 Å². The molecule has 0 amide bonds. The molecule has 0 atom stereocenters. The van der Waals surface area contributed by atoms with Gasteiger partial charge in [0.25, 0.3) is 0 Å². The summed E-state index contributed by atoms with van der Waals surface area (Å²) in [5, 5.41) is 8.65. The van der Waals surface area contributed by atoms with Crippen LogP contribution in [0.2, 0.25) is 10.0 Å². The third-order valence-corrected chi connectivity index (χ3v) is 2.22. The van der Waals surface area contributed by atoms with Crippen LogP contribution in [0.5, 0.6) is 5.75 Å². The molecule has 0 radical (unpaired) electrons. The van der Waals surface area contributed by atoms with Gasteiger partial charge in [-0.05, 0) is 12.1 Å². The maximum absolute atomic E-state index is 12.0. The molecule has 0 unspecified atom stereocenters. The van der Waals surface area contributed by atoms with Crippen LogP contribution in [0.15, 0.2) is 12.1 Å². The summed E-state index contributed by atoms with van der Waals surface area (Å²) >= 11 is 11.3. The average molecular weight is 271 g/mol. The normalized spacial score (nSPS) is 10.6. The standard InChI is InChI=1S/C9H6Cl2F2O3/c10-4-1-6(11)5(3-8(14)15)7(2-4)16-9(12)13/h1-2,9H,3H2,(H,14,15). The third kappa shape index (κ3) is 3.50. The number of hydrogen-bond acceptors (Lipinski definition) is 2. The summed E-state index contributed by atoms with van der Waals surface area (Å²) in [7, 11) is 0. The molecular formula is C9H6Cl2F2O3. The molecule has 3 nitrogen and oxygen atoms in total. The van der Waals surface area contributed by atoms with Gasteiger partial charge in [0.2, 0.25) is 0 Å². The lowest BCUT2D eigenvalue weighted by Gasteiger charge is -2.11. The van der Waals surface area contributed by atoms with E-state index >= 15 is 0 Å². The second-order valence-electron chi connectivity index (χ2n) is 2.81. The quantitative estimate of drug-likeness (QED) is 0.914. The summed E-state index contributed by atoms with van der Waals surface area (Å²) in [4.78, 5) is 10.5. The maximum atomic E-state index is 12.0. The fourth-order valence-corrected chi connectivity index (χ4v) is 1.65. The average Bonchev–Trinajstić information content (AvgIpc) is 2.09. The molecule has 0 aliphatic carbocycles. The number of alkyl halides is 2. The van der Waals surface area contributed by atoms with Crippen molar-refractivity contribution in [2.45, 2.75) is 13.0 Å². The predicted octanol–water partition coefficient (Wildman–Crippen LogP) is 3.22. The number of ether oxygens (including phenoxy) is 1. The summed E-state index contributed by atoms with van der Waals surface area (Å²) < 4.78 is 28.2. The molecule has 0 saturated carbocycles. The number of rotatable bonds is 4. The molecule has 16 heavy (non-hydrogen) atoms. The number of aliphatic carboxylic acids is 1. The minimum Gasteiger partial charge on any atom is -0.481 e. The second kappa shape index (κ2) is 5.32. The van der Waals surface area contributed by atoms with Crippen LogP contribution < -0.4 is 4.74 Å². The fourth-order valence-electron chi connectivity index (χ4n) is 1.10. The topological polar surface area (TPSA) is 46.5 Å². The zero-order valence-corrected chi connectivity index (χ0v) is 9.23. The molecule has 0 spiro atoms. The zero-order chi connectivity index (χ0) is 12.3. The Labute approximate surface area is 99.5 Å². The van der Waals surface area contributed by atoms with Crippen molar-refractivity contribution in [3.8, 4) is 5.75 Å². The lowest BCUT2D eigenvalue weighted by molar-refractivity contribution is -0.136. The van der Waals surface area contributed by atoms with Crippen LogP contribution >= 0.6 is 23.2 Å². The third-order valence-electron chi connectivity index (χ3n) is 1.66. The minimum atomic E-state index is -3.07. The molecule has 88 valence electrons. The van der Waals surface area contributed by atoms with Gasteiger partial charge < -0.3 is 9.84 Å². The summed E-state index contributed by atoms with van der Waals surface area (Å²) in [6.45, 7) is -3.07. The van der Waals surface area contributed by atoms with E-state index in [1.54, 1.807) is 0 Å². The molecule has 1 aromatic rings. The number of benzene rings is 1. The van der Waals surface area contributed by atoms with Crippen molar-refractivity contribution in [3.05, 3.63) is 27.7 Å². The van der Waals surface area contributed by atoms with Gasteiger partial charge in [0, 0.05) is 15.6 Å². The number of carboxylic acid groups (broad SMARTS) is 1. The molecule has 0 heterocycles. The summed E-state index contributed by atoms with van der Waals surface area (Å²) in [6, 6.07) is 2.36. The van der Waals surface area contributed by atoms with E-state index in [-0.39, 0.29) is 21.4 Å². The van der Waals surface area contributed by atoms with Crippen molar-refractivity contribution in [3.63, 3.8) is 0 Å². The first-order chi connectivity index (χ1) is 7.40. The highest BCUT2D eigenvalue weighted by Gasteiger charge is 2.16. The molecule has 0 saturated heterocycles. The monoisotopic (exact) mass is 270 g/mol. The van der Waals surface area contributed by atoms with Crippen molar-refractivity contribution in [2.24, 2.45) is 0 Å². The van der Waals surface area contributed by atoms with Crippen molar-refractivity contribution in [2.75, 3.05) is 0 Å². The van der Waals surface area contributed by atoms with E-state index < -0.39 is 19.0 Å². The highest BCUT2D eigenvalue weighted by molar-refractivity contribution is 6.35. The van der Waals surface area contributed by atoms with Crippen LogP contribution in [0, 0.1) is 0 Å². The van der Waals surface area contributed by atoms with Crippen molar-refractivity contribution in [1.29, 1.82) is 0 Å². The van der Waals surface area contributed by atoms with E-state index in [0.29, 0.717) is 0 Å². The fraction of sp³-hybridized carbons (Fsp3) is 0.222. The molecule has 1 rings (SSSR count). The Kier molecular flexibility index (Phi) is 4.32. The Morgan fingerprint density at radius 2 is 2.06 bits per heavy atom. The van der Waals surface area contributed by atoms with E-state index in [9.17, 15) is 13.6 Å². The molecule has 1 aromatic carbocycles. The van der Waals surface area contributed by atoms with E-state index in [2.05, 4.69) is 4.74 Å². The van der Waals surface area contributed by atoms with Crippen LogP contribution in [-0.4, -0.2) is 17.7 Å². The number of halogens is 4. The van der Waals surface area contributed by atoms with E-state index in [1.807, 2.05) is 0 Å². The van der Waals surface area contributed by atoms with Crippen LogP contribution in [0.3, 0.4) is 0 Å². The van der Waals surface area contributed by atoms with Crippen LogP contribution in [0.4, 0.5) is 8.78 Å². The van der Waals surface area contributed by atoms with Gasteiger partial charge in [0.05, 0.1) is 6.42 Å². The molecule has 1 N–H and O–H groups in total. The lowest BCUT2D eigenvalue weighted by Crippen LogP contribution is -2.08. The van der Waals surface area contributed by atoms with Gasteiger partial charge in [-0.15, -0.1) is 0 Å². The van der Waals surface area contributed by atoms with E-state index in [1.165, 1.54) is 6.07 Å². The molecule has 0 fully saturated rings. The Morgan fingerprint density at radius 3 is 2.56 bits per heavy atom. The van der Waals surface area contributed by atoms with Gasteiger partial charge in [-0.1, -0.05) is 23.2 Å². The van der Waals surface area contributed by atoms with Gasteiger partial charge >= 0.3 is 12.6 Å². The van der Waals surface area contributed by atoms with Gasteiger partial charge in [-0.25, -0.2) is 0 Å².